The van der Waals surface area contributed by atoms with Gasteiger partial charge in [0.25, 0.3) is 0 Å². The maximum absolute atomic E-state index is 12.1. The molecule has 0 heterocycles. The molecule has 0 saturated carbocycles. The van der Waals surface area contributed by atoms with Crippen LogP contribution in [0.3, 0.4) is 0 Å². The second kappa shape index (κ2) is 9.73. The van der Waals surface area contributed by atoms with Gasteiger partial charge in [-0.1, -0.05) is 42.5 Å². The van der Waals surface area contributed by atoms with Crippen molar-refractivity contribution in [3.8, 4) is 0 Å². The molecule has 0 saturated heterocycles. The molecule has 0 aliphatic carbocycles. The molecule has 27 heavy (non-hydrogen) atoms. The SMILES string of the molecule is CN(C)c1ccc([C@@H](CNC(=O)C(=O)NCc2ccccc2)[NH+](C)C)cc1. The third kappa shape index (κ3) is 6.11. The number of nitrogens with one attached hydrogen (secondary N) is 3. The molecule has 0 unspecified atom stereocenters. The van der Waals surface area contributed by atoms with Crippen molar-refractivity contribution < 1.29 is 14.5 Å². The summed E-state index contributed by atoms with van der Waals surface area (Å²) in [6, 6.07) is 17.8. The van der Waals surface area contributed by atoms with Crippen LogP contribution in [0.5, 0.6) is 0 Å². The van der Waals surface area contributed by atoms with Crippen molar-refractivity contribution >= 4 is 17.5 Å². The lowest BCUT2D eigenvalue weighted by atomic mass is 10.1. The minimum Gasteiger partial charge on any atom is -0.378 e. The maximum Gasteiger partial charge on any atom is 0.309 e. The highest BCUT2D eigenvalue weighted by Gasteiger charge is 2.21. The summed E-state index contributed by atoms with van der Waals surface area (Å²) in [5, 5.41) is 5.40. The Balaban J connectivity index is 1.90. The molecule has 0 spiro atoms. The van der Waals surface area contributed by atoms with Gasteiger partial charge in [-0.05, 0) is 17.7 Å². The van der Waals surface area contributed by atoms with Crippen molar-refractivity contribution in [2.75, 3.05) is 39.6 Å². The molecule has 6 nitrogen and oxygen atoms in total. The van der Waals surface area contributed by atoms with E-state index >= 15 is 0 Å². The van der Waals surface area contributed by atoms with Crippen LogP contribution in [0.15, 0.2) is 54.6 Å². The standard InChI is InChI=1S/C21H28N4O2/c1-24(2)18-12-10-17(11-13-18)19(25(3)4)15-23-21(27)20(26)22-14-16-8-6-5-7-9-16/h5-13,19H,14-15H2,1-4H3,(H,22,26)(H,23,27)/p+1/t19-/m1/s1. The monoisotopic (exact) mass is 369 g/mol. The van der Waals surface area contributed by atoms with Crippen LogP contribution in [-0.2, 0) is 16.1 Å². The van der Waals surface area contributed by atoms with Gasteiger partial charge in [0.1, 0.15) is 6.04 Å². The van der Waals surface area contributed by atoms with Crippen LogP contribution in [0.25, 0.3) is 0 Å². The molecule has 0 fully saturated rings. The average molecular weight is 369 g/mol. The van der Waals surface area contributed by atoms with Crippen LogP contribution >= 0.6 is 0 Å². The van der Waals surface area contributed by atoms with Crippen LogP contribution in [0.2, 0.25) is 0 Å². The smallest absolute Gasteiger partial charge is 0.309 e. The highest BCUT2D eigenvalue weighted by molar-refractivity contribution is 6.35. The zero-order valence-corrected chi connectivity index (χ0v) is 16.5. The predicted molar refractivity (Wildman–Crippen MR) is 108 cm³/mol. The number of carbonyl (C=O) groups excluding carboxylic acids is 2. The van der Waals surface area contributed by atoms with E-state index in [-0.39, 0.29) is 6.04 Å². The topological polar surface area (TPSA) is 65.9 Å². The molecular weight excluding hydrogens is 340 g/mol. The summed E-state index contributed by atoms with van der Waals surface area (Å²) < 4.78 is 0. The van der Waals surface area contributed by atoms with Gasteiger partial charge in [-0.2, -0.15) is 0 Å². The summed E-state index contributed by atoms with van der Waals surface area (Å²) in [5.41, 5.74) is 3.19. The Morgan fingerprint density at radius 1 is 0.926 bits per heavy atom. The lowest BCUT2D eigenvalue weighted by Crippen LogP contribution is -3.07. The van der Waals surface area contributed by atoms with Crippen molar-refractivity contribution in [2.24, 2.45) is 0 Å². The fraction of sp³-hybridized carbons (Fsp3) is 0.333. The number of nitrogens with zero attached hydrogens (tertiary/aromatic N) is 1. The van der Waals surface area contributed by atoms with Gasteiger partial charge in [-0.3, -0.25) is 9.59 Å². The molecule has 0 aliphatic rings. The molecule has 3 N–H and O–H groups in total. The number of rotatable bonds is 7. The van der Waals surface area contributed by atoms with Crippen molar-refractivity contribution in [3.05, 3.63) is 65.7 Å². The van der Waals surface area contributed by atoms with E-state index in [4.69, 9.17) is 0 Å². The van der Waals surface area contributed by atoms with E-state index in [0.29, 0.717) is 13.1 Å². The van der Waals surface area contributed by atoms with Crippen LogP contribution < -0.4 is 20.4 Å². The van der Waals surface area contributed by atoms with E-state index < -0.39 is 11.8 Å². The number of hydrogen-bond acceptors (Lipinski definition) is 3. The Morgan fingerprint density at radius 3 is 2.07 bits per heavy atom. The van der Waals surface area contributed by atoms with Crippen LogP contribution in [-0.4, -0.2) is 46.5 Å². The average Bonchev–Trinajstić information content (AvgIpc) is 2.67. The summed E-state index contributed by atoms with van der Waals surface area (Å²) in [6.45, 7) is 0.725. The van der Waals surface area contributed by atoms with Crippen molar-refractivity contribution in [3.63, 3.8) is 0 Å². The van der Waals surface area contributed by atoms with Gasteiger partial charge in [-0.25, -0.2) is 0 Å². The molecule has 0 aliphatic heterocycles. The summed E-state index contributed by atoms with van der Waals surface area (Å²) >= 11 is 0. The van der Waals surface area contributed by atoms with Crippen molar-refractivity contribution in [1.29, 1.82) is 0 Å². The number of benzene rings is 2. The fourth-order valence-electron chi connectivity index (χ4n) is 2.79. The molecule has 2 rings (SSSR count). The first-order valence-electron chi connectivity index (χ1n) is 9.05. The van der Waals surface area contributed by atoms with E-state index in [1.54, 1.807) is 0 Å². The zero-order valence-electron chi connectivity index (χ0n) is 16.5. The number of quaternary nitrogens is 1. The first kappa shape index (κ1) is 20.5. The number of carbonyl (C=O) groups is 2. The van der Waals surface area contributed by atoms with Gasteiger partial charge in [0, 0.05) is 31.9 Å². The van der Waals surface area contributed by atoms with E-state index in [2.05, 4.69) is 34.9 Å². The van der Waals surface area contributed by atoms with E-state index in [0.717, 1.165) is 16.8 Å². The summed E-state index contributed by atoms with van der Waals surface area (Å²) in [5.74, 6) is -1.23. The molecule has 144 valence electrons. The van der Waals surface area contributed by atoms with Crippen LogP contribution in [0, 0.1) is 0 Å². The molecule has 0 bridgehead atoms. The van der Waals surface area contributed by atoms with Gasteiger partial charge in [0.15, 0.2) is 0 Å². The minimum absolute atomic E-state index is 0.0621. The van der Waals surface area contributed by atoms with Crippen LogP contribution in [0.1, 0.15) is 17.2 Å². The van der Waals surface area contributed by atoms with Crippen molar-refractivity contribution in [1.82, 2.24) is 10.6 Å². The highest BCUT2D eigenvalue weighted by Crippen LogP contribution is 2.16. The summed E-state index contributed by atoms with van der Waals surface area (Å²) in [7, 11) is 8.06. The first-order valence-corrected chi connectivity index (χ1v) is 9.05. The van der Waals surface area contributed by atoms with E-state index in [9.17, 15) is 9.59 Å². The number of likely N-dealkylation sites (N-methyl/N-ethyl adjacent to an activating group) is 1. The predicted octanol–water partition coefficient (Wildman–Crippen LogP) is 0.371. The minimum atomic E-state index is -0.616. The third-order valence-electron chi connectivity index (χ3n) is 4.48. The number of amides is 2. The van der Waals surface area contributed by atoms with Gasteiger partial charge in [0.2, 0.25) is 0 Å². The normalized spacial score (nSPS) is 11.7. The Bertz CT molecular complexity index is 743. The van der Waals surface area contributed by atoms with Gasteiger partial charge < -0.3 is 20.4 Å². The molecule has 0 radical (unpaired) electrons. The second-order valence-electron chi connectivity index (χ2n) is 6.99. The van der Waals surface area contributed by atoms with Crippen molar-refractivity contribution in [2.45, 2.75) is 12.6 Å². The molecular formula is C21H29N4O2+. The summed E-state index contributed by atoms with van der Waals surface area (Å²) in [6.07, 6.45) is 0. The summed E-state index contributed by atoms with van der Waals surface area (Å²) in [4.78, 5) is 27.4. The Labute approximate surface area is 161 Å². The lowest BCUT2D eigenvalue weighted by Gasteiger charge is -2.23. The molecule has 2 aromatic rings. The van der Waals surface area contributed by atoms with Crippen LogP contribution in [0.4, 0.5) is 5.69 Å². The quantitative estimate of drug-likeness (QED) is 0.618. The van der Waals surface area contributed by atoms with Gasteiger partial charge in [0.05, 0.1) is 20.6 Å². The molecule has 2 aromatic carbocycles. The fourth-order valence-corrected chi connectivity index (χ4v) is 2.79. The molecule has 6 heteroatoms. The van der Waals surface area contributed by atoms with Gasteiger partial charge in [-0.15, -0.1) is 0 Å². The van der Waals surface area contributed by atoms with E-state index in [1.165, 1.54) is 4.90 Å². The Kier molecular flexibility index (Phi) is 7.37. The zero-order chi connectivity index (χ0) is 19.8. The molecule has 2 amide bonds. The third-order valence-corrected chi connectivity index (χ3v) is 4.48. The largest absolute Gasteiger partial charge is 0.378 e. The number of anilines is 1. The molecule has 0 aromatic heterocycles. The second-order valence-corrected chi connectivity index (χ2v) is 6.99. The van der Waals surface area contributed by atoms with E-state index in [1.807, 2.05) is 63.4 Å². The Morgan fingerprint density at radius 2 is 1.52 bits per heavy atom. The Hall–Kier alpha value is -2.86. The lowest BCUT2D eigenvalue weighted by molar-refractivity contribution is -0.890. The highest BCUT2D eigenvalue weighted by atomic mass is 16.2. The van der Waals surface area contributed by atoms with Gasteiger partial charge >= 0.3 is 11.8 Å². The molecule has 1 atom stereocenters. The number of hydrogen-bond donors (Lipinski definition) is 3. The first-order chi connectivity index (χ1) is 12.9. The maximum atomic E-state index is 12.1.